The van der Waals surface area contributed by atoms with Crippen molar-refractivity contribution in [2.75, 3.05) is 0 Å². The molecular formula is C20H24O2. The summed E-state index contributed by atoms with van der Waals surface area (Å²) in [5.41, 5.74) is 4.45. The molecule has 0 radical (unpaired) electrons. The van der Waals surface area contributed by atoms with Gasteiger partial charge in [-0.25, -0.2) is 0 Å². The number of phenols is 2. The van der Waals surface area contributed by atoms with Crippen LogP contribution in [0.4, 0.5) is 0 Å². The molecule has 2 nitrogen and oxygen atoms in total. The van der Waals surface area contributed by atoms with Crippen LogP contribution < -0.4 is 0 Å². The minimum atomic E-state index is -0.193. The van der Waals surface area contributed by atoms with E-state index in [2.05, 4.69) is 39.8 Å². The minimum absolute atomic E-state index is 0.0488. The summed E-state index contributed by atoms with van der Waals surface area (Å²) < 4.78 is 0. The van der Waals surface area contributed by atoms with Crippen LogP contribution in [0.15, 0.2) is 36.4 Å². The summed E-state index contributed by atoms with van der Waals surface area (Å²) in [6, 6.07) is 11.6. The Balaban J connectivity index is 2.25. The van der Waals surface area contributed by atoms with Crippen molar-refractivity contribution in [1.29, 1.82) is 0 Å². The number of aryl methyl sites for hydroxylation is 1. The lowest BCUT2D eigenvalue weighted by Gasteiger charge is -2.28. The molecule has 2 heteroatoms. The maximum atomic E-state index is 10.3. The summed E-state index contributed by atoms with van der Waals surface area (Å²) in [5, 5.41) is 20.2. The van der Waals surface area contributed by atoms with E-state index in [1.165, 1.54) is 11.1 Å². The van der Waals surface area contributed by atoms with Gasteiger partial charge in [-0.1, -0.05) is 45.9 Å². The summed E-state index contributed by atoms with van der Waals surface area (Å²) in [6.07, 6.45) is 1.80. The maximum absolute atomic E-state index is 10.3. The van der Waals surface area contributed by atoms with E-state index in [-0.39, 0.29) is 10.8 Å². The van der Waals surface area contributed by atoms with Crippen molar-refractivity contribution in [3.05, 3.63) is 58.7 Å². The number of phenolic OH excluding ortho intramolecular Hbond substituents is 2. The molecule has 0 fully saturated rings. The first-order valence-electron chi connectivity index (χ1n) is 7.94. The lowest BCUT2D eigenvalue weighted by Crippen LogP contribution is -2.23. The van der Waals surface area contributed by atoms with Gasteiger partial charge in [-0.05, 0) is 58.7 Å². The number of hydrogen-bond donors (Lipinski definition) is 2. The number of aromatic hydroxyl groups is 2. The van der Waals surface area contributed by atoms with E-state index in [4.69, 9.17) is 0 Å². The van der Waals surface area contributed by atoms with Gasteiger partial charge in [0, 0.05) is 5.41 Å². The third-order valence-electron chi connectivity index (χ3n) is 5.20. The fraction of sp³-hybridized carbons (Fsp3) is 0.400. The molecule has 0 aromatic heterocycles. The first-order chi connectivity index (χ1) is 10.3. The highest BCUT2D eigenvalue weighted by molar-refractivity contribution is 5.56. The Labute approximate surface area is 132 Å². The lowest BCUT2D eigenvalue weighted by atomic mass is 9.75. The second kappa shape index (κ2) is 4.77. The Hall–Kier alpha value is -1.96. The van der Waals surface area contributed by atoms with E-state index in [1.807, 2.05) is 18.2 Å². The van der Waals surface area contributed by atoms with Gasteiger partial charge in [0.2, 0.25) is 0 Å². The summed E-state index contributed by atoms with van der Waals surface area (Å²) >= 11 is 0. The van der Waals surface area contributed by atoms with Crippen LogP contribution in [0.25, 0.3) is 0 Å². The molecule has 0 bridgehead atoms. The molecule has 3 rings (SSSR count). The average Bonchev–Trinajstić information content (AvgIpc) is 2.65. The molecule has 2 aromatic carbocycles. The fourth-order valence-electron chi connectivity index (χ4n) is 4.11. The van der Waals surface area contributed by atoms with E-state index >= 15 is 0 Å². The molecular weight excluding hydrogens is 272 g/mol. The van der Waals surface area contributed by atoms with Crippen molar-refractivity contribution in [2.45, 2.75) is 51.4 Å². The second-order valence-electron chi connectivity index (χ2n) is 7.32. The quantitative estimate of drug-likeness (QED) is 0.847. The molecule has 0 saturated heterocycles. The van der Waals surface area contributed by atoms with Crippen LogP contribution in [0.3, 0.4) is 0 Å². The first kappa shape index (κ1) is 15.0. The van der Waals surface area contributed by atoms with Crippen LogP contribution >= 0.6 is 0 Å². The second-order valence-corrected chi connectivity index (χ2v) is 7.32. The van der Waals surface area contributed by atoms with E-state index in [1.54, 1.807) is 6.07 Å². The Kier molecular flexibility index (Phi) is 3.24. The van der Waals surface area contributed by atoms with Crippen LogP contribution in [0.2, 0.25) is 0 Å². The Bertz CT molecular complexity index is 730. The molecule has 1 aliphatic rings. The van der Waals surface area contributed by atoms with Gasteiger partial charge in [0.05, 0.1) is 0 Å². The highest BCUT2D eigenvalue weighted by Crippen LogP contribution is 2.54. The third kappa shape index (κ3) is 2.09. The van der Waals surface area contributed by atoms with Gasteiger partial charge in [-0.15, -0.1) is 0 Å². The average molecular weight is 296 g/mol. The van der Waals surface area contributed by atoms with Crippen molar-refractivity contribution in [3.8, 4) is 11.5 Å². The highest BCUT2D eigenvalue weighted by Gasteiger charge is 2.46. The summed E-state index contributed by atoms with van der Waals surface area (Å²) in [6.45, 7) is 8.80. The standard InChI is InChI=1S/C20H24O2/c1-5-13-9-16-17(11-18(13)22)20(4,12-19(16,2)3)14-7-6-8-15(21)10-14/h6-11,21-22H,5,12H2,1-4H3. The van der Waals surface area contributed by atoms with Crippen molar-refractivity contribution in [2.24, 2.45) is 0 Å². The summed E-state index contributed by atoms with van der Waals surface area (Å²) in [7, 11) is 0. The van der Waals surface area contributed by atoms with Gasteiger partial charge in [-0.3, -0.25) is 0 Å². The van der Waals surface area contributed by atoms with Gasteiger partial charge in [0.25, 0.3) is 0 Å². The zero-order valence-electron chi connectivity index (χ0n) is 13.8. The molecule has 116 valence electrons. The number of rotatable bonds is 2. The van der Waals surface area contributed by atoms with Crippen LogP contribution in [-0.4, -0.2) is 10.2 Å². The molecule has 2 N–H and O–H groups in total. The van der Waals surface area contributed by atoms with Gasteiger partial charge in [0.1, 0.15) is 11.5 Å². The highest BCUT2D eigenvalue weighted by atomic mass is 16.3. The van der Waals surface area contributed by atoms with Gasteiger partial charge < -0.3 is 10.2 Å². The van der Waals surface area contributed by atoms with Crippen LogP contribution in [0, 0.1) is 0 Å². The van der Waals surface area contributed by atoms with Crippen molar-refractivity contribution >= 4 is 0 Å². The van der Waals surface area contributed by atoms with Crippen LogP contribution in [-0.2, 0) is 17.3 Å². The number of fused-ring (bicyclic) bond motifs is 1. The van der Waals surface area contributed by atoms with E-state index in [0.717, 1.165) is 24.0 Å². The Morgan fingerprint density at radius 2 is 1.73 bits per heavy atom. The Morgan fingerprint density at radius 1 is 1.00 bits per heavy atom. The molecule has 0 spiro atoms. The number of hydrogen-bond acceptors (Lipinski definition) is 2. The molecule has 0 heterocycles. The Morgan fingerprint density at radius 3 is 2.36 bits per heavy atom. The molecule has 0 saturated carbocycles. The predicted octanol–water partition coefficient (Wildman–Crippen LogP) is 4.65. The zero-order valence-corrected chi connectivity index (χ0v) is 13.8. The largest absolute Gasteiger partial charge is 0.508 e. The van der Waals surface area contributed by atoms with Crippen LogP contribution in [0.5, 0.6) is 11.5 Å². The monoisotopic (exact) mass is 296 g/mol. The van der Waals surface area contributed by atoms with Crippen molar-refractivity contribution < 1.29 is 10.2 Å². The summed E-state index contributed by atoms with van der Waals surface area (Å²) in [4.78, 5) is 0. The van der Waals surface area contributed by atoms with Crippen LogP contribution in [0.1, 0.15) is 56.4 Å². The predicted molar refractivity (Wildman–Crippen MR) is 89.7 cm³/mol. The molecule has 0 amide bonds. The third-order valence-corrected chi connectivity index (χ3v) is 5.20. The van der Waals surface area contributed by atoms with E-state index in [0.29, 0.717) is 11.5 Å². The zero-order chi connectivity index (χ0) is 16.1. The molecule has 1 unspecified atom stereocenters. The summed E-state index contributed by atoms with van der Waals surface area (Å²) in [5.74, 6) is 0.671. The van der Waals surface area contributed by atoms with Crippen molar-refractivity contribution in [3.63, 3.8) is 0 Å². The molecule has 1 atom stereocenters. The van der Waals surface area contributed by atoms with E-state index < -0.39 is 0 Å². The SMILES string of the molecule is CCc1cc2c(cc1O)C(C)(c1cccc(O)c1)CC2(C)C. The van der Waals surface area contributed by atoms with E-state index in [9.17, 15) is 10.2 Å². The topological polar surface area (TPSA) is 40.5 Å². The number of benzene rings is 2. The fourth-order valence-corrected chi connectivity index (χ4v) is 4.11. The smallest absolute Gasteiger partial charge is 0.119 e. The lowest BCUT2D eigenvalue weighted by molar-refractivity contribution is 0.420. The van der Waals surface area contributed by atoms with Gasteiger partial charge in [0.15, 0.2) is 0 Å². The van der Waals surface area contributed by atoms with Gasteiger partial charge >= 0.3 is 0 Å². The minimum Gasteiger partial charge on any atom is -0.508 e. The van der Waals surface area contributed by atoms with Crippen molar-refractivity contribution in [1.82, 2.24) is 0 Å². The first-order valence-corrected chi connectivity index (χ1v) is 7.94. The molecule has 0 aliphatic heterocycles. The molecule has 1 aliphatic carbocycles. The normalized spacial score (nSPS) is 22.5. The molecule has 22 heavy (non-hydrogen) atoms. The molecule has 2 aromatic rings. The maximum Gasteiger partial charge on any atom is 0.119 e. The van der Waals surface area contributed by atoms with Gasteiger partial charge in [-0.2, -0.15) is 0 Å².